The lowest BCUT2D eigenvalue weighted by Gasteiger charge is -2.15. The summed E-state index contributed by atoms with van der Waals surface area (Å²) in [6.45, 7) is 4.04. The number of carboxylic acids is 1. The number of amides is 1. The van der Waals surface area contributed by atoms with E-state index in [1.807, 2.05) is 13.8 Å². The van der Waals surface area contributed by atoms with Crippen molar-refractivity contribution < 1.29 is 14.7 Å². The number of pyridine rings is 1. The molecule has 0 radical (unpaired) electrons. The lowest BCUT2D eigenvalue weighted by Crippen LogP contribution is -2.34. The number of nitrogens with zero attached hydrogens (tertiary/aromatic N) is 1. The Bertz CT molecular complexity index is 404. The number of hydrogen-bond acceptors (Lipinski definition) is 3. The largest absolute Gasteiger partial charge is 0.481 e. The molecule has 0 aliphatic rings. The van der Waals surface area contributed by atoms with Crippen molar-refractivity contribution in [3.63, 3.8) is 0 Å². The second-order valence-corrected chi connectivity index (χ2v) is 4.59. The molecule has 0 saturated heterocycles. The van der Waals surface area contributed by atoms with Crippen LogP contribution in [0.3, 0.4) is 0 Å². The molecule has 1 atom stereocenters. The average molecular weight is 250 g/mol. The molecule has 1 unspecified atom stereocenters. The van der Waals surface area contributed by atoms with Gasteiger partial charge in [-0.15, -0.1) is 0 Å². The minimum atomic E-state index is -0.884. The number of carbonyl (C=O) groups is 2. The minimum Gasteiger partial charge on any atom is -0.481 e. The van der Waals surface area contributed by atoms with E-state index in [0.29, 0.717) is 12.1 Å². The van der Waals surface area contributed by atoms with Crippen molar-refractivity contribution in [2.24, 2.45) is 11.8 Å². The monoisotopic (exact) mass is 250 g/mol. The first-order valence-corrected chi connectivity index (χ1v) is 5.92. The first-order valence-electron chi connectivity index (χ1n) is 5.92. The van der Waals surface area contributed by atoms with Gasteiger partial charge in [0.05, 0.1) is 5.92 Å². The fraction of sp³-hybridized carbons (Fsp3) is 0.462. The van der Waals surface area contributed by atoms with E-state index < -0.39 is 11.9 Å². The van der Waals surface area contributed by atoms with E-state index in [0.717, 1.165) is 0 Å². The van der Waals surface area contributed by atoms with Gasteiger partial charge in [0.2, 0.25) is 0 Å². The molecule has 1 rings (SSSR count). The van der Waals surface area contributed by atoms with Crippen molar-refractivity contribution in [1.29, 1.82) is 0 Å². The Kier molecular flexibility index (Phi) is 5.30. The topological polar surface area (TPSA) is 79.3 Å². The van der Waals surface area contributed by atoms with Crippen LogP contribution >= 0.6 is 0 Å². The highest BCUT2D eigenvalue weighted by atomic mass is 16.4. The van der Waals surface area contributed by atoms with Gasteiger partial charge in [0, 0.05) is 12.7 Å². The predicted molar refractivity (Wildman–Crippen MR) is 67.2 cm³/mol. The molecule has 1 amide bonds. The van der Waals surface area contributed by atoms with E-state index >= 15 is 0 Å². The molecule has 5 heteroatoms. The highest BCUT2D eigenvalue weighted by molar-refractivity contribution is 5.92. The lowest BCUT2D eigenvalue weighted by molar-refractivity contribution is -0.142. The zero-order chi connectivity index (χ0) is 13.5. The first kappa shape index (κ1) is 14.2. The quantitative estimate of drug-likeness (QED) is 0.803. The molecule has 1 aromatic rings. The molecule has 0 saturated carbocycles. The first-order chi connectivity index (χ1) is 8.50. The molecular weight excluding hydrogens is 232 g/mol. The third-order valence-corrected chi connectivity index (χ3v) is 2.51. The maximum absolute atomic E-state index is 11.7. The van der Waals surface area contributed by atoms with Gasteiger partial charge in [0.1, 0.15) is 5.69 Å². The summed E-state index contributed by atoms with van der Waals surface area (Å²) in [6.07, 6.45) is 2.07. The highest BCUT2D eigenvalue weighted by Crippen LogP contribution is 2.11. The van der Waals surface area contributed by atoms with Crippen molar-refractivity contribution in [3.8, 4) is 0 Å². The summed E-state index contributed by atoms with van der Waals surface area (Å²) in [5.74, 6) is -1.51. The van der Waals surface area contributed by atoms with Crippen molar-refractivity contribution in [1.82, 2.24) is 10.3 Å². The van der Waals surface area contributed by atoms with Gasteiger partial charge in [0.15, 0.2) is 0 Å². The Morgan fingerprint density at radius 2 is 2.11 bits per heavy atom. The molecule has 0 spiro atoms. The van der Waals surface area contributed by atoms with Gasteiger partial charge in [-0.2, -0.15) is 0 Å². The predicted octanol–water partition coefficient (Wildman–Crippen LogP) is 1.56. The van der Waals surface area contributed by atoms with E-state index in [1.54, 1.807) is 18.2 Å². The molecule has 0 aromatic carbocycles. The Labute approximate surface area is 106 Å². The van der Waals surface area contributed by atoms with Crippen LogP contribution in [0.5, 0.6) is 0 Å². The molecule has 0 aliphatic heterocycles. The number of carbonyl (C=O) groups excluding carboxylic acids is 1. The zero-order valence-electron chi connectivity index (χ0n) is 10.6. The number of aliphatic carboxylic acids is 1. The second-order valence-electron chi connectivity index (χ2n) is 4.59. The summed E-state index contributed by atoms with van der Waals surface area (Å²) in [4.78, 5) is 26.6. The van der Waals surface area contributed by atoms with Gasteiger partial charge < -0.3 is 10.4 Å². The van der Waals surface area contributed by atoms with Crippen LogP contribution in [0, 0.1) is 11.8 Å². The average Bonchev–Trinajstić information content (AvgIpc) is 2.34. The molecule has 1 heterocycles. The highest BCUT2D eigenvalue weighted by Gasteiger charge is 2.20. The second kappa shape index (κ2) is 6.74. The van der Waals surface area contributed by atoms with E-state index in [1.165, 1.54) is 6.20 Å². The zero-order valence-corrected chi connectivity index (χ0v) is 10.6. The number of nitrogens with one attached hydrogen (secondary N) is 1. The molecule has 5 nitrogen and oxygen atoms in total. The normalized spacial score (nSPS) is 12.2. The van der Waals surface area contributed by atoms with Crippen LogP contribution in [0.1, 0.15) is 30.8 Å². The summed E-state index contributed by atoms with van der Waals surface area (Å²) in [6, 6.07) is 5.02. The summed E-state index contributed by atoms with van der Waals surface area (Å²) >= 11 is 0. The van der Waals surface area contributed by atoms with Crippen LogP contribution < -0.4 is 5.32 Å². The number of hydrogen-bond donors (Lipinski definition) is 2. The number of rotatable bonds is 6. The van der Waals surface area contributed by atoms with Gasteiger partial charge in [-0.1, -0.05) is 19.9 Å². The summed E-state index contributed by atoms with van der Waals surface area (Å²) in [7, 11) is 0. The molecule has 0 fully saturated rings. The molecule has 1 aromatic heterocycles. The molecule has 18 heavy (non-hydrogen) atoms. The van der Waals surface area contributed by atoms with Gasteiger partial charge >= 0.3 is 5.97 Å². The Hall–Kier alpha value is -1.91. The Morgan fingerprint density at radius 1 is 1.39 bits per heavy atom. The molecule has 98 valence electrons. The Morgan fingerprint density at radius 3 is 2.61 bits per heavy atom. The molecule has 0 bridgehead atoms. The summed E-state index contributed by atoms with van der Waals surface area (Å²) in [5.41, 5.74) is 0.297. The maximum Gasteiger partial charge on any atom is 0.308 e. The number of carboxylic acid groups (broad SMARTS) is 1. The van der Waals surface area contributed by atoms with E-state index in [2.05, 4.69) is 10.3 Å². The van der Waals surface area contributed by atoms with Crippen molar-refractivity contribution in [2.45, 2.75) is 20.3 Å². The third-order valence-electron chi connectivity index (χ3n) is 2.51. The molecular formula is C13H18N2O3. The smallest absolute Gasteiger partial charge is 0.308 e. The lowest BCUT2D eigenvalue weighted by atomic mass is 9.97. The third kappa shape index (κ3) is 4.53. The summed E-state index contributed by atoms with van der Waals surface area (Å²) < 4.78 is 0. The van der Waals surface area contributed by atoms with Crippen LogP contribution in [0.25, 0.3) is 0 Å². The van der Waals surface area contributed by atoms with Crippen LogP contribution in [0.15, 0.2) is 24.4 Å². The minimum absolute atomic E-state index is 0.128. The van der Waals surface area contributed by atoms with Crippen molar-refractivity contribution >= 4 is 11.9 Å². The fourth-order valence-electron chi connectivity index (χ4n) is 1.64. The van der Waals surface area contributed by atoms with Gasteiger partial charge in [0.25, 0.3) is 5.91 Å². The molecule has 0 aliphatic carbocycles. The van der Waals surface area contributed by atoms with E-state index in [-0.39, 0.29) is 18.4 Å². The van der Waals surface area contributed by atoms with Crippen molar-refractivity contribution in [2.75, 3.05) is 6.54 Å². The van der Waals surface area contributed by atoms with Crippen LogP contribution in [-0.2, 0) is 4.79 Å². The maximum atomic E-state index is 11.7. The fourth-order valence-corrected chi connectivity index (χ4v) is 1.64. The van der Waals surface area contributed by atoms with Crippen LogP contribution in [0.4, 0.5) is 0 Å². The Balaban J connectivity index is 2.52. The van der Waals surface area contributed by atoms with Crippen LogP contribution in [-0.4, -0.2) is 28.5 Å². The summed E-state index contributed by atoms with van der Waals surface area (Å²) in [5, 5.41) is 11.6. The number of aromatic nitrogens is 1. The van der Waals surface area contributed by atoms with E-state index in [9.17, 15) is 9.59 Å². The SMILES string of the molecule is CC(C)CC(CNC(=O)c1ccccn1)C(=O)O. The standard InChI is InChI=1S/C13H18N2O3/c1-9(2)7-10(13(17)18)8-15-12(16)11-5-3-4-6-14-11/h3-6,9-10H,7-8H2,1-2H3,(H,15,16)(H,17,18). The van der Waals surface area contributed by atoms with Gasteiger partial charge in [-0.25, -0.2) is 0 Å². The van der Waals surface area contributed by atoms with Gasteiger partial charge in [-0.05, 0) is 24.5 Å². The van der Waals surface area contributed by atoms with Gasteiger partial charge in [-0.3, -0.25) is 14.6 Å². The van der Waals surface area contributed by atoms with Crippen molar-refractivity contribution in [3.05, 3.63) is 30.1 Å². The van der Waals surface area contributed by atoms with E-state index in [4.69, 9.17) is 5.11 Å². The van der Waals surface area contributed by atoms with Crippen LogP contribution in [0.2, 0.25) is 0 Å². The molecule has 2 N–H and O–H groups in total.